The molecular weight excluding hydrogens is 1190 g/mol. The summed E-state index contributed by atoms with van der Waals surface area (Å²) in [6.45, 7) is 16.7. The van der Waals surface area contributed by atoms with Crippen LogP contribution in [0, 0.1) is 20.8 Å². The molecule has 8 rings (SSSR count). The van der Waals surface area contributed by atoms with Gasteiger partial charge in [-0.3, -0.25) is 28.7 Å². The van der Waals surface area contributed by atoms with E-state index in [2.05, 4.69) is 40.0 Å². The van der Waals surface area contributed by atoms with E-state index in [0.29, 0.717) is 167 Å². The lowest BCUT2D eigenvalue weighted by atomic mass is 9.95. The number of amides is 4. The number of rotatable bonds is 40. The van der Waals surface area contributed by atoms with Crippen molar-refractivity contribution in [3.63, 3.8) is 0 Å². The zero-order valence-corrected chi connectivity index (χ0v) is 52.8. The van der Waals surface area contributed by atoms with Gasteiger partial charge >= 0.3 is 0 Å². The fourth-order valence-electron chi connectivity index (χ4n) is 9.77. The van der Waals surface area contributed by atoms with Gasteiger partial charge in [-0.25, -0.2) is 0 Å². The standard InChI is InChI=1S/C63H82ClN11O13S/c1-5-80-30-31-85-29-24-74-71-60-50-11-7-6-10-48(50)43-73(53-13-9-8-12-51(53)61(60)72-74)57(79)19-18-54(76)65-21-26-82-34-39-88-41-40-86-36-32-81-25-20-55(77)66-22-27-83-33-37-87-38-35-84-28-23-67-56(78)42-52-62-70-69-46(4)75(62)63-58(44(2)45(3)89-63)59(68-52)47-14-16-49(64)17-15-47/h6-17,52H,5,18-43H2,1-4H3,(H,65,76)(H,66,77)(H,67,78)/t52-/m0/s1. The molecule has 6 aromatic rings. The van der Waals surface area contributed by atoms with E-state index >= 15 is 0 Å². The molecule has 2 aliphatic heterocycles. The molecule has 5 heterocycles. The fraction of sp³-hybridized carbons (Fsp3) is 0.508. The number of fused-ring (bicyclic) bond motifs is 8. The highest BCUT2D eigenvalue weighted by atomic mass is 35.5. The first-order valence-corrected chi connectivity index (χ1v) is 31.5. The molecule has 3 aromatic carbocycles. The number of halogens is 1. The monoisotopic (exact) mass is 1270 g/mol. The number of para-hydroxylation sites is 1. The van der Waals surface area contributed by atoms with Crippen molar-refractivity contribution in [3.05, 3.63) is 117 Å². The number of nitrogens with one attached hydrogen (secondary N) is 3. The Morgan fingerprint density at radius 2 is 1.11 bits per heavy atom. The summed E-state index contributed by atoms with van der Waals surface area (Å²) in [6, 6.07) is 22.5. The van der Waals surface area contributed by atoms with Gasteiger partial charge in [0.1, 0.15) is 28.3 Å². The zero-order valence-electron chi connectivity index (χ0n) is 51.3. The van der Waals surface area contributed by atoms with Crippen LogP contribution in [0.3, 0.4) is 0 Å². The smallest absolute Gasteiger partial charge is 0.227 e. The number of hydrogen-bond acceptors (Lipinski definition) is 19. The highest BCUT2D eigenvalue weighted by Crippen LogP contribution is 2.42. The maximum atomic E-state index is 13.9. The number of aromatic nitrogens is 6. The molecule has 2 aliphatic rings. The van der Waals surface area contributed by atoms with Crippen LogP contribution in [0.5, 0.6) is 0 Å². The van der Waals surface area contributed by atoms with Crippen molar-refractivity contribution in [2.24, 2.45) is 4.99 Å². The highest BCUT2D eigenvalue weighted by Gasteiger charge is 2.33. The van der Waals surface area contributed by atoms with E-state index in [4.69, 9.17) is 69.4 Å². The quantitative estimate of drug-likeness (QED) is 0.0354. The van der Waals surface area contributed by atoms with Gasteiger partial charge in [0.2, 0.25) is 23.6 Å². The number of nitrogens with zero attached hydrogens (tertiary/aromatic N) is 8. The number of carbonyl (C=O) groups excluding carboxylic acids is 4. The van der Waals surface area contributed by atoms with Crippen molar-refractivity contribution in [2.75, 3.05) is 143 Å². The lowest BCUT2D eigenvalue weighted by Gasteiger charge is -2.28. The molecule has 3 N–H and O–H groups in total. The molecule has 0 fully saturated rings. The third-order valence-corrected chi connectivity index (χ3v) is 15.8. The second kappa shape index (κ2) is 36.7. The van der Waals surface area contributed by atoms with E-state index in [1.807, 2.05) is 91.2 Å². The summed E-state index contributed by atoms with van der Waals surface area (Å²) in [5, 5.41) is 28.8. The van der Waals surface area contributed by atoms with Gasteiger partial charge in [0.05, 0.1) is 143 Å². The number of hydrogen-bond donors (Lipinski definition) is 3. The van der Waals surface area contributed by atoms with Crippen LogP contribution in [0.4, 0.5) is 5.69 Å². The van der Waals surface area contributed by atoms with Gasteiger partial charge in [-0.05, 0) is 57.0 Å². The number of carbonyl (C=O) groups is 4. The van der Waals surface area contributed by atoms with E-state index in [1.165, 1.54) is 4.88 Å². The Hall–Kier alpha value is -6.88. The van der Waals surface area contributed by atoms with Crippen molar-refractivity contribution < 1.29 is 61.8 Å². The zero-order chi connectivity index (χ0) is 62.6. The Labute approximate surface area is 528 Å². The van der Waals surface area contributed by atoms with Crippen LogP contribution in [-0.2, 0) is 74.9 Å². The van der Waals surface area contributed by atoms with E-state index in [1.54, 1.807) is 21.0 Å². The second-order valence-corrected chi connectivity index (χ2v) is 22.3. The van der Waals surface area contributed by atoms with Crippen molar-refractivity contribution in [3.8, 4) is 27.5 Å². The van der Waals surface area contributed by atoms with Gasteiger partial charge in [0.15, 0.2) is 5.82 Å². The number of thiophene rings is 1. The van der Waals surface area contributed by atoms with Gasteiger partial charge in [-0.15, -0.1) is 21.5 Å². The first-order valence-electron chi connectivity index (χ1n) is 30.3. The minimum absolute atomic E-state index is 0.0192. The van der Waals surface area contributed by atoms with E-state index in [-0.39, 0.29) is 55.9 Å². The summed E-state index contributed by atoms with van der Waals surface area (Å²) in [5.74, 6) is 0.607. The van der Waals surface area contributed by atoms with Gasteiger partial charge in [0, 0.05) is 77.7 Å². The predicted octanol–water partition coefficient (Wildman–Crippen LogP) is 6.35. The lowest BCUT2D eigenvalue weighted by molar-refractivity contribution is -0.125. The maximum absolute atomic E-state index is 13.9. The summed E-state index contributed by atoms with van der Waals surface area (Å²) >= 11 is 7.89. The van der Waals surface area contributed by atoms with Crippen LogP contribution in [0.15, 0.2) is 77.8 Å². The second-order valence-electron chi connectivity index (χ2n) is 20.7. The summed E-state index contributed by atoms with van der Waals surface area (Å²) in [6.07, 6.45) is 0.344. The Morgan fingerprint density at radius 1 is 0.584 bits per heavy atom. The Morgan fingerprint density at radius 3 is 1.74 bits per heavy atom. The van der Waals surface area contributed by atoms with Crippen molar-refractivity contribution >= 4 is 58.0 Å². The third-order valence-electron chi connectivity index (χ3n) is 14.4. The molecule has 480 valence electrons. The normalized spacial score (nSPS) is 13.3. The first kappa shape index (κ1) is 68.0. The third kappa shape index (κ3) is 20.6. The lowest BCUT2D eigenvalue weighted by Crippen LogP contribution is -2.33. The van der Waals surface area contributed by atoms with Gasteiger partial charge in [-0.1, -0.05) is 66.2 Å². The Bertz CT molecular complexity index is 3250. The summed E-state index contributed by atoms with van der Waals surface area (Å²) in [5.41, 5.74) is 8.54. The largest absolute Gasteiger partial charge is 0.379 e. The van der Waals surface area contributed by atoms with Crippen LogP contribution in [0.25, 0.3) is 27.5 Å². The Balaban J connectivity index is 0.576. The van der Waals surface area contributed by atoms with Gasteiger partial charge in [-0.2, -0.15) is 15.0 Å². The molecule has 3 aromatic heterocycles. The number of aryl methyl sites for hydroxylation is 2. The molecule has 26 heteroatoms. The summed E-state index contributed by atoms with van der Waals surface area (Å²) < 4.78 is 52.2. The van der Waals surface area contributed by atoms with Crippen LogP contribution in [0.1, 0.15) is 77.4 Å². The predicted molar refractivity (Wildman–Crippen MR) is 336 cm³/mol. The molecule has 0 bridgehead atoms. The number of benzene rings is 3. The molecule has 0 unspecified atom stereocenters. The minimum atomic E-state index is -0.560. The Kier molecular flexibility index (Phi) is 28.1. The minimum Gasteiger partial charge on any atom is -0.379 e. The number of ether oxygens (including phenoxy) is 9. The van der Waals surface area contributed by atoms with Crippen LogP contribution in [-0.4, -0.2) is 198 Å². The topological polar surface area (TPSA) is 264 Å². The molecule has 89 heavy (non-hydrogen) atoms. The number of anilines is 1. The fourth-order valence-corrected chi connectivity index (χ4v) is 11.1. The summed E-state index contributed by atoms with van der Waals surface area (Å²) in [4.78, 5) is 61.9. The average molecular weight is 1270 g/mol. The summed E-state index contributed by atoms with van der Waals surface area (Å²) in [7, 11) is 0. The molecule has 0 saturated heterocycles. The molecule has 0 saturated carbocycles. The van der Waals surface area contributed by atoms with E-state index in [0.717, 1.165) is 55.6 Å². The molecule has 24 nitrogen and oxygen atoms in total. The SMILES string of the molecule is CCOCCOCCn1nc2c(n1)-c1ccccc1N(C(=O)CCC(=O)NCCOCCOCCOCCOCCC(=O)NCCOCCOCCOCCNC(=O)C[C@@H]1N=C(c3ccc(Cl)cc3)c3c(sc(C)c3C)-n3c(C)nnc31)Cc1ccccc1-2. The molecule has 1 atom stereocenters. The molecule has 0 radical (unpaired) electrons. The molecule has 0 aliphatic carbocycles. The van der Waals surface area contributed by atoms with Crippen LogP contribution >= 0.6 is 22.9 Å². The van der Waals surface area contributed by atoms with Crippen LogP contribution < -0.4 is 20.9 Å². The molecular formula is C63H82ClN11O13S. The van der Waals surface area contributed by atoms with Crippen molar-refractivity contribution in [2.45, 2.75) is 72.5 Å². The molecule has 4 amide bonds. The number of aliphatic imine (C=N–C) groups is 1. The van der Waals surface area contributed by atoms with Gasteiger partial charge < -0.3 is 63.5 Å². The van der Waals surface area contributed by atoms with Crippen LogP contribution in [0.2, 0.25) is 5.02 Å². The van der Waals surface area contributed by atoms with Gasteiger partial charge in [0.25, 0.3) is 0 Å². The van der Waals surface area contributed by atoms with E-state index < -0.39 is 6.04 Å². The first-order chi connectivity index (χ1) is 43.5. The van der Waals surface area contributed by atoms with Crippen molar-refractivity contribution in [1.82, 2.24) is 45.7 Å². The highest BCUT2D eigenvalue weighted by molar-refractivity contribution is 7.15. The van der Waals surface area contributed by atoms with E-state index in [9.17, 15) is 19.2 Å². The molecule has 0 spiro atoms. The average Bonchev–Trinajstić information content (AvgIpc) is 1.68. The van der Waals surface area contributed by atoms with Crippen molar-refractivity contribution in [1.29, 1.82) is 0 Å². The maximum Gasteiger partial charge on any atom is 0.227 e.